The van der Waals surface area contributed by atoms with Crippen molar-refractivity contribution in [3.63, 3.8) is 0 Å². The van der Waals surface area contributed by atoms with Crippen LogP contribution in [-0.4, -0.2) is 14.9 Å². The lowest BCUT2D eigenvalue weighted by Crippen LogP contribution is -2.30. The molecular formula is C12H13N3OS. The van der Waals surface area contributed by atoms with Gasteiger partial charge >= 0.3 is 0 Å². The van der Waals surface area contributed by atoms with Gasteiger partial charge in [0.15, 0.2) is 5.11 Å². The molecule has 0 spiro atoms. The van der Waals surface area contributed by atoms with Crippen molar-refractivity contribution in [2.45, 2.75) is 13.5 Å². The number of nitrogens with one attached hydrogen (secondary N) is 2. The first-order valence-electron chi connectivity index (χ1n) is 5.27. The van der Waals surface area contributed by atoms with Gasteiger partial charge in [0.05, 0.1) is 0 Å². The number of rotatable bonds is 2. The Kier molecular flexibility index (Phi) is 3.39. The molecule has 1 aromatic heterocycles. The van der Waals surface area contributed by atoms with E-state index in [2.05, 4.69) is 10.4 Å². The van der Waals surface area contributed by atoms with Gasteiger partial charge in [-0.05, 0) is 24.7 Å². The maximum Gasteiger partial charge on any atom is 0.264 e. The number of nitrogens with zero attached hydrogens (tertiary/aromatic N) is 1. The third-order valence-electron chi connectivity index (χ3n) is 2.40. The Morgan fingerprint density at radius 1 is 1.41 bits per heavy atom. The van der Waals surface area contributed by atoms with Crippen molar-refractivity contribution in [1.29, 1.82) is 0 Å². The minimum atomic E-state index is -0.147. The lowest BCUT2D eigenvalue weighted by Gasteiger charge is -2.09. The molecule has 88 valence electrons. The summed E-state index contributed by atoms with van der Waals surface area (Å²) in [5, 5.41) is 6.23. The minimum absolute atomic E-state index is 0.147. The molecule has 1 aromatic carbocycles. The van der Waals surface area contributed by atoms with Gasteiger partial charge in [-0.1, -0.05) is 30.3 Å². The smallest absolute Gasteiger partial charge is 0.264 e. The maximum atomic E-state index is 11.1. The lowest BCUT2D eigenvalue weighted by atomic mass is 10.2. The largest absolute Gasteiger partial charge is 0.357 e. The molecule has 0 bridgehead atoms. The third kappa shape index (κ3) is 2.82. The second-order valence-electron chi connectivity index (χ2n) is 3.74. The van der Waals surface area contributed by atoms with E-state index in [9.17, 15) is 4.79 Å². The zero-order valence-electron chi connectivity index (χ0n) is 9.43. The molecule has 2 rings (SSSR count). The van der Waals surface area contributed by atoms with Crippen LogP contribution in [0.15, 0.2) is 41.2 Å². The molecule has 0 aliphatic rings. The van der Waals surface area contributed by atoms with Crippen LogP contribution in [0.3, 0.4) is 0 Å². The van der Waals surface area contributed by atoms with Crippen molar-refractivity contribution < 1.29 is 0 Å². The lowest BCUT2D eigenvalue weighted by molar-refractivity contribution is 0.812. The maximum absolute atomic E-state index is 11.1. The SMILES string of the molecule is Cc1cc(=O)[nH]n1C(=S)NCc1ccccc1. The highest BCUT2D eigenvalue weighted by atomic mass is 32.1. The summed E-state index contributed by atoms with van der Waals surface area (Å²) in [7, 11) is 0. The van der Waals surface area contributed by atoms with Crippen LogP contribution in [0.5, 0.6) is 0 Å². The van der Waals surface area contributed by atoms with Gasteiger partial charge in [0.2, 0.25) is 0 Å². The summed E-state index contributed by atoms with van der Waals surface area (Å²) in [4.78, 5) is 11.1. The number of hydrogen-bond acceptors (Lipinski definition) is 2. The van der Waals surface area contributed by atoms with Crippen LogP contribution in [0.1, 0.15) is 11.3 Å². The van der Waals surface area contributed by atoms with Crippen molar-refractivity contribution in [2.75, 3.05) is 0 Å². The van der Waals surface area contributed by atoms with E-state index in [4.69, 9.17) is 12.2 Å². The average Bonchev–Trinajstić information content (AvgIpc) is 2.67. The number of hydrogen-bond donors (Lipinski definition) is 2. The monoisotopic (exact) mass is 247 g/mol. The van der Waals surface area contributed by atoms with Gasteiger partial charge in [-0.15, -0.1) is 0 Å². The Labute approximate surface area is 104 Å². The number of aryl methyl sites for hydroxylation is 1. The Hall–Kier alpha value is -1.88. The van der Waals surface area contributed by atoms with Crippen LogP contribution in [0.4, 0.5) is 0 Å². The molecule has 2 N–H and O–H groups in total. The van der Waals surface area contributed by atoms with E-state index in [0.717, 1.165) is 11.3 Å². The Morgan fingerprint density at radius 2 is 2.12 bits per heavy atom. The van der Waals surface area contributed by atoms with Crippen LogP contribution in [0.2, 0.25) is 0 Å². The first-order chi connectivity index (χ1) is 8.16. The van der Waals surface area contributed by atoms with Crippen molar-refractivity contribution in [2.24, 2.45) is 0 Å². The summed E-state index contributed by atoms with van der Waals surface area (Å²) in [6.07, 6.45) is 0. The molecule has 0 atom stereocenters. The number of aromatic amines is 1. The molecular weight excluding hydrogens is 234 g/mol. The fourth-order valence-electron chi connectivity index (χ4n) is 1.55. The van der Waals surface area contributed by atoms with Gasteiger partial charge < -0.3 is 5.32 Å². The molecule has 4 nitrogen and oxygen atoms in total. The first-order valence-corrected chi connectivity index (χ1v) is 5.68. The second-order valence-corrected chi connectivity index (χ2v) is 4.13. The van der Waals surface area contributed by atoms with E-state index >= 15 is 0 Å². The van der Waals surface area contributed by atoms with Crippen molar-refractivity contribution in [3.8, 4) is 0 Å². The van der Waals surface area contributed by atoms with Crippen LogP contribution < -0.4 is 10.9 Å². The van der Waals surface area contributed by atoms with Crippen LogP contribution >= 0.6 is 12.2 Å². The van der Waals surface area contributed by atoms with E-state index in [1.165, 1.54) is 6.07 Å². The van der Waals surface area contributed by atoms with Gasteiger partial charge in [-0.3, -0.25) is 9.89 Å². The normalized spacial score (nSPS) is 10.2. The average molecular weight is 247 g/mol. The third-order valence-corrected chi connectivity index (χ3v) is 2.73. The number of aromatic nitrogens is 2. The molecule has 5 heteroatoms. The number of benzene rings is 1. The van der Waals surface area contributed by atoms with E-state index < -0.39 is 0 Å². The fraction of sp³-hybridized carbons (Fsp3) is 0.167. The van der Waals surface area contributed by atoms with Crippen LogP contribution in [0.25, 0.3) is 0 Å². The first kappa shape index (κ1) is 11.6. The van der Waals surface area contributed by atoms with Crippen molar-refractivity contribution in [1.82, 2.24) is 15.1 Å². The zero-order valence-corrected chi connectivity index (χ0v) is 10.3. The van der Waals surface area contributed by atoms with Crippen LogP contribution in [0, 0.1) is 6.92 Å². The van der Waals surface area contributed by atoms with Gasteiger partial charge in [-0.2, -0.15) is 0 Å². The van der Waals surface area contributed by atoms with Crippen LogP contribution in [-0.2, 0) is 6.54 Å². The molecule has 0 aliphatic heterocycles. The molecule has 0 aliphatic carbocycles. The summed E-state index contributed by atoms with van der Waals surface area (Å²) < 4.78 is 1.57. The molecule has 1 heterocycles. The molecule has 0 saturated heterocycles. The number of thiocarbonyl (C=S) groups is 1. The zero-order chi connectivity index (χ0) is 12.3. The van der Waals surface area contributed by atoms with Gasteiger partial charge in [0, 0.05) is 18.3 Å². The van der Waals surface area contributed by atoms with Crippen molar-refractivity contribution >= 4 is 17.3 Å². The fourth-order valence-corrected chi connectivity index (χ4v) is 1.81. The summed E-state index contributed by atoms with van der Waals surface area (Å²) in [6.45, 7) is 2.47. The molecule has 0 radical (unpaired) electrons. The Morgan fingerprint density at radius 3 is 2.71 bits per heavy atom. The number of H-pyrrole nitrogens is 1. The predicted molar refractivity (Wildman–Crippen MR) is 71.1 cm³/mol. The molecule has 0 fully saturated rings. The highest BCUT2D eigenvalue weighted by Gasteiger charge is 2.04. The molecule has 2 aromatic rings. The molecule has 0 unspecified atom stereocenters. The minimum Gasteiger partial charge on any atom is -0.357 e. The Bertz CT molecular complexity index is 571. The topological polar surface area (TPSA) is 49.8 Å². The predicted octanol–water partition coefficient (Wildman–Crippen LogP) is 1.41. The Balaban J connectivity index is 2.03. The molecule has 17 heavy (non-hydrogen) atoms. The van der Waals surface area contributed by atoms with Gasteiger partial charge in [0.25, 0.3) is 5.56 Å². The highest BCUT2D eigenvalue weighted by molar-refractivity contribution is 7.80. The molecule has 0 amide bonds. The van der Waals surface area contributed by atoms with Crippen molar-refractivity contribution in [3.05, 3.63) is 58.0 Å². The highest BCUT2D eigenvalue weighted by Crippen LogP contribution is 1.98. The quantitative estimate of drug-likeness (QED) is 0.789. The second kappa shape index (κ2) is 4.97. The van der Waals surface area contributed by atoms with Gasteiger partial charge in [-0.25, -0.2) is 4.68 Å². The standard InChI is InChI=1S/C12H13N3OS/c1-9-7-11(16)14-15(9)12(17)13-8-10-5-3-2-4-6-10/h2-7H,8H2,1H3,(H,13,17)(H,14,16). The summed E-state index contributed by atoms with van der Waals surface area (Å²) in [5.74, 6) is 0. The summed E-state index contributed by atoms with van der Waals surface area (Å²) in [5.41, 5.74) is 1.79. The summed E-state index contributed by atoms with van der Waals surface area (Å²) >= 11 is 5.20. The van der Waals surface area contributed by atoms with E-state index in [0.29, 0.717) is 11.7 Å². The summed E-state index contributed by atoms with van der Waals surface area (Å²) in [6, 6.07) is 11.5. The molecule has 0 saturated carbocycles. The van der Waals surface area contributed by atoms with E-state index in [1.807, 2.05) is 37.3 Å². The van der Waals surface area contributed by atoms with Gasteiger partial charge in [0.1, 0.15) is 0 Å². The van der Waals surface area contributed by atoms with E-state index in [-0.39, 0.29) is 5.56 Å². The van der Waals surface area contributed by atoms with E-state index in [1.54, 1.807) is 4.68 Å².